The van der Waals surface area contributed by atoms with E-state index in [0.29, 0.717) is 5.57 Å². The van der Waals surface area contributed by atoms with Crippen molar-refractivity contribution in [3.8, 4) is 18.4 Å². The Labute approximate surface area is 141 Å². The van der Waals surface area contributed by atoms with Gasteiger partial charge in [-0.05, 0) is 21.9 Å². The maximum Gasteiger partial charge on any atom is 0.109 e. The van der Waals surface area contributed by atoms with Gasteiger partial charge < -0.3 is 0 Å². The predicted octanol–water partition coefficient (Wildman–Crippen LogP) is 3.24. The second-order valence-corrected chi connectivity index (χ2v) is 5.32. The number of hydrogen-bond acceptors (Lipinski definition) is 1. The molecule has 0 aliphatic carbocycles. The van der Waals surface area contributed by atoms with Gasteiger partial charge in [-0.15, -0.1) is 6.42 Å². The van der Waals surface area contributed by atoms with E-state index >= 15 is 0 Å². The molecule has 0 saturated heterocycles. The minimum Gasteiger partial charge on any atom is -0.192 e. The minimum atomic E-state index is 0.350. The first-order valence-corrected chi connectivity index (χ1v) is 7.66. The molecule has 0 spiro atoms. The van der Waals surface area contributed by atoms with Crippen LogP contribution >= 0.6 is 0 Å². The van der Waals surface area contributed by atoms with Crippen molar-refractivity contribution in [2.75, 3.05) is 0 Å². The molecule has 0 saturated carbocycles. The van der Waals surface area contributed by atoms with Gasteiger partial charge in [0.1, 0.15) is 11.6 Å². The summed E-state index contributed by atoms with van der Waals surface area (Å²) in [7, 11) is 0. The van der Waals surface area contributed by atoms with E-state index in [1.165, 1.54) is 0 Å². The first-order valence-electron chi connectivity index (χ1n) is 7.66. The molecule has 0 aliphatic heterocycles. The largest absolute Gasteiger partial charge is 0.192 e. The van der Waals surface area contributed by atoms with Gasteiger partial charge in [0.2, 0.25) is 0 Å². The van der Waals surface area contributed by atoms with E-state index < -0.39 is 0 Å². The molecule has 0 amide bonds. The summed E-state index contributed by atoms with van der Waals surface area (Å²) in [6.45, 7) is 0. The first-order chi connectivity index (χ1) is 11.8. The maximum atomic E-state index is 9.08. The first kappa shape index (κ1) is 15.3. The molecule has 0 atom stereocenters. The van der Waals surface area contributed by atoms with Crippen LogP contribution in [0, 0.1) is 23.7 Å². The topological polar surface area (TPSA) is 23.8 Å². The van der Waals surface area contributed by atoms with E-state index in [1.807, 2.05) is 60.7 Å². The van der Waals surface area contributed by atoms with E-state index in [0.717, 1.165) is 27.1 Å². The van der Waals surface area contributed by atoms with Crippen molar-refractivity contribution < 1.29 is 0 Å². The fraction of sp³-hybridized carbons (Fsp3) is 0. The molecular formula is C23H15N. The smallest absolute Gasteiger partial charge is 0.109 e. The van der Waals surface area contributed by atoms with Crippen LogP contribution in [0.2, 0.25) is 0 Å². The molecule has 0 unspecified atom stereocenters. The van der Waals surface area contributed by atoms with E-state index in [1.54, 1.807) is 0 Å². The average molecular weight is 305 g/mol. The van der Waals surface area contributed by atoms with Gasteiger partial charge in [0.25, 0.3) is 0 Å². The highest BCUT2D eigenvalue weighted by molar-refractivity contribution is 5.79. The lowest BCUT2D eigenvalue weighted by atomic mass is 9.95. The van der Waals surface area contributed by atoms with Crippen molar-refractivity contribution in [3.05, 3.63) is 106 Å². The Morgan fingerprint density at radius 1 is 0.667 bits per heavy atom. The van der Waals surface area contributed by atoms with Crippen LogP contribution in [0.25, 0.3) is 11.1 Å². The second kappa shape index (κ2) is 7.14. The van der Waals surface area contributed by atoms with Gasteiger partial charge >= 0.3 is 0 Å². The van der Waals surface area contributed by atoms with Crippen LogP contribution in [0.4, 0.5) is 0 Å². The number of hydrogen-bond donors (Lipinski definition) is 0. The van der Waals surface area contributed by atoms with Crippen molar-refractivity contribution in [2.24, 2.45) is 0 Å². The molecule has 24 heavy (non-hydrogen) atoms. The Balaban J connectivity index is 2.31. The van der Waals surface area contributed by atoms with Crippen LogP contribution in [0.15, 0.2) is 84.9 Å². The van der Waals surface area contributed by atoms with Gasteiger partial charge in [-0.1, -0.05) is 90.8 Å². The van der Waals surface area contributed by atoms with Gasteiger partial charge in [0, 0.05) is 5.22 Å². The van der Waals surface area contributed by atoms with Gasteiger partial charge in [-0.25, -0.2) is 0 Å². The summed E-state index contributed by atoms with van der Waals surface area (Å²) in [5.41, 5.74) is 3.81. The highest BCUT2D eigenvalue weighted by Crippen LogP contribution is 2.20. The lowest BCUT2D eigenvalue weighted by molar-refractivity contribution is 1.46. The summed E-state index contributed by atoms with van der Waals surface area (Å²) in [4.78, 5) is 0. The van der Waals surface area contributed by atoms with Crippen molar-refractivity contribution >= 4 is 11.1 Å². The van der Waals surface area contributed by atoms with Crippen LogP contribution in [0.5, 0.6) is 0 Å². The monoisotopic (exact) mass is 305 g/mol. The SMILES string of the molecule is C#CC(C#N)=c1ccc(=C(c2ccccc2)c2ccccc2)cc1. The number of nitrogens with zero attached hydrogens (tertiary/aromatic N) is 1. The van der Waals surface area contributed by atoms with E-state index in [2.05, 4.69) is 36.3 Å². The van der Waals surface area contributed by atoms with Crippen LogP contribution in [0.1, 0.15) is 11.1 Å². The van der Waals surface area contributed by atoms with Crippen molar-refractivity contribution in [1.29, 1.82) is 5.26 Å². The normalized spacial score (nSPS) is 9.58. The zero-order valence-electron chi connectivity index (χ0n) is 13.1. The lowest BCUT2D eigenvalue weighted by Gasteiger charge is -2.09. The molecule has 3 aromatic rings. The molecule has 0 heterocycles. The molecule has 1 heteroatoms. The molecule has 3 rings (SSSR count). The lowest BCUT2D eigenvalue weighted by Crippen LogP contribution is -2.13. The second-order valence-electron chi connectivity index (χ2n) is 5.32. The molecule has 0 radical (unpaired) electrons. The highest BCUT2D eigenvalue weighted by Gasteiger charge is 2.05. The standard InChI is InChI=1S/C23H15N/c1-2-18(17-24)19-13-15-22(16-14-19)23(20-9-5-3-6-10-20)21-11-7-4-8-12-21/h1,3-16H. The van der Waals surface area contributed by atoms with Crippen LogP contribution in [-0.2, 0) is 0 Å². The quantitative estimate of drug-likeness (QED) is 0.667. The summed E-state index contributed by atoms with van der Waals surface area (Å²) in [6, 6.07) is 30.4. The Hall–Kier alpha value is -3.55. The third-order valence-corrected chi connectivity index (χ3v) is 3.84. The zero-order valence-corrected chi connectivity index (χ0v) is 13.1. The average Bonchev–Trinajstić information content (AvgIpc) is 2.66. The summed E-state index contributed by atoms with van der Waals surface area (Å²) >= 11 is 0. The Bertz CT molecular complexity index is 966. The molecule has 3 aromatic carbocycles. The molecule has 0 bridgehead atoms. The van der Waals surface area contributed by atoms with E-state index in [-0.39, 0.29) is 0 Å². The van der Waals surface area contributed by atoms with Gasteiger partial charge in [0.15, 0.2) is 0 Å². The molecule has 112 valence electrons. The molecule has 0 fully saturated rings. The third-order valence-electron chi connectivity index (χ3n) is 3.84. The van der Waals surface area contributed by atoms with Crippen LogP contribution in [0.3, 0.4) is 0 Å². The fourth-order valence-corrected chi connectivity index (χ4v) is 2.69. The molecule has 1 nitrogen and oxygen atoms in total. The van der Waals surface area contributed by atoms with Crippen molar-refractivity contribution in [1.82, 2.24) is 0 Å². The van der Waals surface area contributed by atoms with Gasteiger partial charge in [-0.2, -0.15) is 5.26 Å². The van der Waals surface area contributed by atoms with E-state index in [4.69, 9.17) is 11.7 Å². The molecular weight excluding hydrogens is 290 g/mol. The highest BCUT2D eigenvalue weighted by atomic mass is 14.2. The van der Waals surface area contributed by atoms with Crippen molar-refractivity contribution in [2.45, 2.75) is 0 Å². The third kappa shape index (κ3) is 3.12. The summed E-state index contributed by atoms with van der Waals surface area (Å²) in [5.74, 6) is 2.43. The van der Waals surface area contributed by atoms with Crippen molar-refractivity contribution in [3.63, 3.8) is 0 Å². The summed E-state index contributed by atoms with van der Waals surface area (Å²) < 4.78 is 0. The van der Waals surface area contributed by atoms with Crippen LogP contribution < -0.4 is 10.4 Å². The molecule has 0 N–H and O–H groups in total. The fourth-order valence-electron chi connectivity index (χ4n) is 2.69. The minimum absolute atomic E-state index is 0.350. The van der Waals surface area contributed by atoms with Gasteiger partial charge in [-0.3, -0.25) is 0 Å². The Morgan fingerprint density at radius 3 is 1.54 bits per heavy atom. The number of benzene rings is 3. The summed E-state index contributed by atoms with van der Waals surface area (Å²) in [5, 5.41) is 10.9. The molecule has 0 aromatic heterocycles. The number of terminal acetylenes is 1. The predicted molar refractivity (Wildman–Crippen MR) is 98.0 cm³/mol. The summed E-state index contributed by atoms with van der Waals surface area (Å²) in [6.07, 6.45) is 5.38. The molecule has 0 aliphatic rings. The number of nitriles is 1. The Morgan fingerprint density at radius 2 is 1.12 bits per heavy atom. The Kier molecular flexibility index (Phi) is 4.57. The number of rotatable bonds is 2. The van der Waals surface area contributed by atoms with Gasteiger partial charge in [0.05, 0.1) is 0 Å². The maximum absolute atomic E-state index is 9.08. The van der Waals surface area contributed by atoms with Crippen LogP contribution in [-0.4, -0.2) is 0 Å². The van der Waals surface area contributed by atoms with E-state index in [9.17, 15) is 0 Å². The zero-order chi connectivity index (χ0) is 16.8.